The summed E-state index contributed by atoms with van der Waals surface area (Å²) in [6.45, 7) is 10.3. The van der Waals surface area contributed by atoms with E-state index < -0.39 is 16.6 Å². The fourth-order valence-electron chi connectivity index (χ4n) is 3.00. The molecule has 0 nitrogen and oxygen atoms in total. The van der Waals surface area contributed by atoms with Gasteiger partial charge in [-0.05, 0) is 0 Å². The van der Waals surface area contributed by atoms with Crippen LogP contribution in [0.2, 0.25) is 36.2 Å². The normalized spacial score (nSPS) is 18.8. The molecule has 0 aromatic carbocycles. The van der Waals surface area contributed by atoms with E-state index in [9.17, 15) is 0 Å². The summed E-state index contributed by atoms with van der Waals surface area (Å²) >= 11 is 0. The predicted molar refractivity (Wildman–Crippen MR) is 105 cm³/mol. The number of hydrogen-bond acceptors (Lipinski definition) is 0. The molecule has 0 N–H and O–H groups in total. The second kappa shape index (κ2) is 6.39. The zero-order chi connectivity index (χ0) is 14.3. The Labute approximate surface area is 140 Å². The van der Waals surface area contributed by atoms with Gasteiger partial charge in [0.25, 0.3) is 0 Å². The fourth-order valence-corrected chi connectivity index (χ4v) is 42.3. The average molecular weight is 397 g/mol. The van der Waals surface area contributed by atoms with Gasteiger partial charge in [0, 0.05) is 0 Å². The minimum atomic E-state index is -2.73. The monoisotopic (exact) mass is 396 g/mol. The van der Waals surface area contributed by atoms with E-state index in [2.05, 4.69) is 68.3 Å². The smallest absolute Gasteiger partial charge is 0.147 e. The maximum Gasteiger partial charge on any atom is -0.147 e. The molecule has 0 unspecified atom stereocenters. The largest absolute Gasteiger partial charge is 0.147 e. The third kappa shape index (κ3) is 3.42. The summed E-state index contributed by atoms with van der Waals surface area (Å²) in [5.41, 5.74) is 0. The van der Waals surface area contributed by atoms with E-state index in [1.807, 2.05) is 4.44 Å². The molecule has 0 aliphatic heterocycles. The van der Waals surface area contributed by atoms with Crippen LogP contribution in [0.4, 0.5) is 0 Å². The van der Waals surface area contributed by atoms with Gasteiger partial charge in [0.05, 0.1) is 0 Å². The summed E-state index contributed by atoms with van der Waals surface area (Å²) in [6, 6.07) is 0. The van der Waals surface area contributed by atoms with E-state index in [4.69, 9.17) is 0 Å². The second-order valence-electron chi connectivity index (χ2n) is 8.07. The van der Waals surface area contributed by atoms with Gasteiger partial charge in [0.1, 0.15) is 0 Å². The zero-order valence-electron chi connectivity index (χ0n) is 14.5. The standard InChI is InChI=1S/C6H16PSi.C5H5.4CH3.2ClH.Cr/c1-5-7(6-2)8(3)4;1-2-4-5-3-1;;;;;;;/h5-6H2,1-4H3;1-3H,4H2;4*1H3;2*1H;. The van der Waals surface area contributed by atoms with E-state index in [0.29, 0.717) is 0 Å². The van der Waals surface area contributed by atoms with Gasteiger partial charge >= 0.3 is 116 Å². The zero-order valence-corrected chi connectivity index (χ0v) is 19.3. The van der Waals surface area contributed by atoms with Crippen molar-refractivity contribution in [3.8, 4) is 0 Å². The van der Waals surface area contributed by atoms with E-state index in [-0.39, 0.29) is 32.3 Å². The van der Waals surface area contributed by atoms with E-state index >= 15 is 0 Å². The maximum atomic E-state index is 2.71. The van der Waals surface area contributed by atoms with E-state index in [0.717, 1.165) is 0 Å². The minimum Gasteiger partial charge on any atom is -0.147 e. The fraction of sp³-hybridized carbons (Fsp3) is 0.733. The van der Waals surface area contributed by atoms with Crippen molar-refractivity contribution in [2.24, 2.45) is 0 Å². The summed E-state index contributed by atoms with van der Waals surface area (Å²) in [4.78, 5) is 0. The number of rotatable bonds is 5. The van der Waals surface area contributed by atoms with Crippen LogP contribution in [0.15, 0.2) is 22.7 Å². The molecular formula is C15H35Cl2CrPSi. The first kappa shape index (κ1) is 23.5. The van der Waals surface area contributed by atoms with Crippen LogP contribution in [0.1, 0.15) is 20.3 Å². The number of halogens is 2. The van der Waals surface area contributed by atoms with Gasteiger partial charge in [0.15, 0.2) is 0 Å². The van der Waals surface area contributed by atoms with Gasteiger partial charge in [-0.25, -0.2) is 0 Å². The first-order valence-corrected chi connectivity index (χ1v) is 20.1. The van der Waals surface area contributed by atoms with Crippen LogP contribution in [0.5, 0.6) is 0 Å². The molecule has 0 aromatic rings. The van der Waals surface area contributed by atoms with Gasteiger partial charge in [-0.1, -0.05) is 0 Å². The second-order valence-corrected chi connectivity index (χ2v) is 46.3. The summed E-state index contributed by atoms with van der Waals surface area (Å²) in [5.74, 6) is 10.8. The molecule has 0 saturated heterocycles. The molecule has 0 amide bonds. The topological polar surface area (TPSA) is 0 Å². The molecule has 0 fully saturated rings. The average Bonchev–Trinajstić information content (AvgIpc) is 2.70. The molecule has 0 bridgehead atoms. The molecule has 124 valence electrons. The summed E-state index contributed by atoms with van der Waals surface area (Å²) in [6.07, 6.45) is 9.93. The quantitative estimate of drug-likeness (QED) is 0.337. The molecule has 0 aromatic heterocycles. The van der Waals surface area contributed by atoms with E-state index in [1.54, 1.807) is 0 Å². The van der Waals surface area contributed by atoms with Crippen molar-refractivity contribution in [3.63, 3.8) is 0 Å². The Morgan fingerprint density at radius 1 is 1.05 bits per heavy atom. The Balaban J connectivity index is 0. The molecule has 0 saturated carbocycles. The number of allylic oxidation sites excluding steroid dienone is 4. The molecule has 5 heteroatoms. The molecular weight excluding hydrogens is 362 g/mol. The molecule has 1 rings (SSSR count). The Kier molecular flexibility index (Phi) is 7.51. The van der Waals surface area contributed by atoms with Crippen LogP contribution in [-0.2, 0) is 10.3 Å². The Morgan fingerprint density at radius 3 is 1.80 bits per heavy atom. The van der Waals surface area contributed by atoms with Crippen molar-refractivity contribution in [3.05, 3.63) is 22.7 Å². The molecule has 0 radical (unpaired) electrons. The van der Waals surface area contributed by atoms with Gasteiger partial charge in [-0.15, -0.1) is 24.8 Å². The Hall–Kier alpha value is 1.24. The predicted octanol–water partition coefficient (Wildman–Crippen LogP) is 7.32. The minimum absolute atomic E-state index is 0. The SMILES string of the molecule is CCP(CC)[Si](C)(C)[Cr]([CH3])([CH3])([CH3])([CH3])[C]1=CC=CC1.Cl.Cl. The third-order valence-electron chi connectivity index (χ3n) is 5.69. The van der Waals surface area contributed by atoms with Crippen molar-refractivity contribution in [2.75, 3.05) is 12.3 Å². The van der Waals surface area contributed by atoms with Crippen molar-refractivity contribution in [2.45, 2.75) is 56.5 Å². The number of hydrogen-bond donors (Lipinski definition) is 0. The van der Waals surface area contributed by atoms with Crippen LogP contribution in [0.3, 0.4) is 0 Å². The van der Waals surface area contributed by atoms with E-state index in [1.165, 1.54) is 18.7 Å². The van der Waals surface area contributed by atoms with Gasteiger partial charge in [-0.2, -0.15) is 0 Å². The summed E-state index contributed by atoms with van der Waals surface area (Å²) < 4.78 is 1.81. The molecule has 20 heavy (non-hydrogen) atoms. The first-order valence-electron chi connectivity index (χ1n) is 7.03. The Bertz CT molecular complexity index is 402. The van der Waals surface area contributed by atoms with Crippen LogP contribution in [0.25, 0.3) is 0 Å². The van der Waals surface area contributed by atoms with Crippen LogP contribution in [0, 0.1) is 0 Å². The molecule has 1 aliphatic carbocycles. The third-order valence-corrected chi connectivity index (χ3v) is 59.8. The van der Waals surface area contributed by atoms with Crippen LogP contribution >= 0.6 is 32.3 Å². The first-order chi connectivity index (χ1) is 7.91. The molecule has 0 atom stereocenters. The van der Waals surface area contributed by atoms with Crippen molar-refractivity contribution in [1.29, 1.82) is 0 Å². The summed E-state index contributed by atoms with van der Waals surface area (Å²) in [5, 5.41) is 0. The van der Waals surface area contributed by atoms with Gasteiger partial charge < -0.3 is 0 Å². The van der Waals surface area contributed by atoms with Gasteiger partial charge in [0.2, 0.25) is 0 Å². The Morgan fingerprint density at radius 2 is 1.50 bits per heavy atom. The van der Waals surface area contributed by atoms with Crippen LogP contribution < -0.4 is 0 Å². The maximum absolute atomic E-state index is 2.73. The molecule has 1 aliphatic rings. The van der Waals surface area contributed by atoms with Crippen LogP contribution in [-0.4, -0.2) is 18.6 Å². The molecule has 0 heterocycles. The summed E-state index contributed by atoms with van der Waals surface area (Å²) in [7, 11) is -2.49. The molecule has 0 spiro atoms. The van der Waals surface area contributed by atoms with Crippen molar-refractivity contribution < 1.29 is 10.3 Å². The van der Waals surface area contributed by atoms with Crippen molar-refractivity contribution >= 4 is 38.6 Å². The van der Waals surface area contributed by atoms with Crippen molar-refractivity contribution in [1.82, 2.24) is 0 Å². The van der Waals surface area contributed by atoms with Gasteiger partial charge in [-0.3, -0.25) is 0 Å².